The van der Waals surface area contributed by atoms with E-state index in [1.807, 2.05) is 26.0 Å². The van der Waals surface area contributed by atoms with E-state index in [0.717, 1.165) is 52.0 Å². The smallest absolute Gasteiger partial charge is 0.265 e. The van der Waals surface area contributed by atoms with Crippen molar-refractivity contribution in [2.75, 3.05) is 34.3 Å². The molecule has 0 saturated carbocycles. The van der Waals surface area contributed by atoms with E-state index in [1.165, 1.54) is 24.2 Å². The third-order valence-electron chi connectivity index (χ3n) is 7.38. The summed E-state index contributed by atoms with van der Waals surface area (Å²) in [6.45, 7) is 10.4. The van der Waals surface area contributed by atoms with Crippen molar-refractivity contribution in [3.63, 3.8) is 0 Å². The average molecular weight is 626 g/mol. The van der Waals surface area contributed by atoms with Gasteiger partial charge in [0.15, 0.2) is 0 Å². The minimum atomic E-state index is -3.40. The molecule has 0 bridgehead atoms. The Kier molecular flexibility index (Phi) is 8.47. The number of nitrogens with one attached hydrogen (secondary N) is 2. The van der Waals surface area contributed by atoms with E-state index >= 15 is 0 Å². The molecular formula is C32H36ClN3O4S2. The number of amides is 1. The molecule has 0 atom stereocenters. The summed E-state index contributed by atoms with van der Waals surface area (Å²) in [6, 6.07) is 19.1. The second-order valence-corrected chi connectivity index (χ2v) is 14.9. The van der Waals surface area contributed by atoms with Gasteiger partial charge in [-0.1, -0.05) is 25.4 Å². The van der Waals surface area contributed by atoms with Crippen LogP contribution in [0.5, 0.6) is 5.75 Å². The van der Waals surface area contributed by atoms with Gasteiger partial charge in [-0.15, -0.1) is 11.3 Å². The second kappa shape index (κ2) is 11.8. The van der Waals surface area contributed by atoms with Gasteiger partial charge in [-0.3, -0.25) is 9.52 Å². The molecule has 222 valence electrons. The Morgan fingerprint density at radius 3 is 2.38 bits per heavy atom. The van der Waals surface area contributed by atoms with Crippen LogP contribution in [0.25, 0.3) is 10.1 Å². The maximum atomic E-state index is 13.3. The number of hydrogen-bond acceptors (Lipinski definition) is 6. The number of fused-ring (bicyclic) bond motifs is 1. The van der Waals surface area contributed by atoms with E-state index in [-0.39, 0.29) is 12.0 Å². The van der Waals surface area contributed by atoms with Gasteiger partial charge in [0.2, 0.25) is 10.0 Å². The highest BCUT2D eigenvalue weighted by molar-refractivity contribution is 7.92. The third kappa shape index (κ3) is 7.02. The van der Waals surface area contributed by atoms with Crippen molar-refractivity contribution in [1.82, 2.24) is 0 Å². The SMILES string of the molecule is CC(C)Oc1cc(N2CCCC2)cc(C(C)(C)c2cc(Cl)cc(NC(=O)c3cc4cc(NS(C)(=O)=O)ccc4s3)c2)c1. The number of carbonyl (C=O) groups excluding carboxylic acids is 1. The van der Waals surface area contributed by atoms with Gasteiger partial charge < -0.3 is 15.0 Å². The molecule has 5 rings (SSSR count). The maximum absolute atomic E-state index is 13.3. The number of sulfonamides is 1. The van der Waals surface area contributed by atoms with Gasteiger partial charge in [0.05, 0.1) is 17.2 Å². The summed E-state index contributed by atoms with van der Waals surface area (Å²) in [5, 5.41) is 4.32. The highest BCUT2D eigenvalue weighted by Gasteiger charge is 2.27. The minimum Gasteiger partial charge on any atom is -0.491 e. The van der Waals surface area contributed by atoms with Crippen molar-refractivity contribution in [3.05, 3.63) is 81.7 Å². The van der Waals surface area contributed by atoms with Crippen LogP contribution in [-0.4, -0.2) is 39.8 Å². The van der Waals surface area contributed by atoms with E-state index in [1.54, 1.807) is 30.3 Å². The highest BCUT2D eigenvalue weighted by atomic mass is 35.5. The van der Waals surface area contributed by atoms with Crippen molar-refractivity contribution < 1.29 is 17.9 Å². The Bertz CT molecular complexity index is 1740. The summed E-state index contributed by atoms with van der Waals surface area (Å²) in [6.07, 6.45) is 3.53. The fraction of sp³-hybridized carbons (Fsp3) is 0.344. The molecule has 0 spiro atoms. The van der Waals surface area contributed by atoms with Gasteiger partial charge in [-0.25, -0.2) is 8.42 Å². The molecule has 3 aromatic carbocycles. The number of rotatable bonds is 9. The topological polar surface area (TPSA) is 87.7 Å². The van der Waals surface area contributed by atoms with Crippen LogP contribution < -0.4 is 19.7 Å². The molecule has 1 aliphatic rings. The first-order valence-electron chi connectivity index (χ1n) is 14.0. The summed E-state index contributed by atoms with van der Waals surface area (Å²) in [5.41, 5.74) is 3.84. The molecule has 1 aliphatic heterocycles. The number of halogens is 1. The van der Waals surface area contributed by atoms with E-state index < -0.39 is 15.4 Å². The first-order valence-corrected chi connectivity index (χ1v) is 17.1. The molecule has 1 amide bonds. The number of carbonyl (C=O) groups is 1. The number of thiophene rings is 1. The van der Waals surface area contributed by atoms with Crippen molar-refractivity contribution in [3.8, 4) is 5.75 Å². The summed E-state index contributed by atoms with van der Waals surface area (Å²) >= 11 is 7.95. The van der Waals surface area contributed by atoms with Crippen LogP contribution in [0.1, 0.15) is 61.3 Å². The lowest BCUT2D eigenvalue weighted by Crippen LogP contribution is -2.23. The number of hydrogen-bond donors (Lipinski definition) is 2. The van der Waals surface area contributed by atoms with E-state index in [0.29, 0.717) is 21.3 Å². The molecule has 2 N–H and O–H groups in total. The van der Waals surface area contributed by atoms with Gasteiger partial charge in [-0.2, -0.15) is 0 Å². The standard InChI is InChI=1S/C32H36ClN3O4S2/c1-20(2)40-28-17-23(16-27(19-28)36-10-6-7-11-36)32(3,4)22-14-24(33)18-26(15-22)34-31(37)30-13-21-12-25(35-42(5,38)39)8-9-29(21)41-30/h8-9,12-20,35H,6-7,10-11H2,1-5H3,(H,34,37). The van der Waals surface area contributed by atoms with Gasteiger partial charge in [0.25, 0.3) is 5.91 Å². The molecule has 1 fully saturated rings. The zero-order valence-corrected chi connectivity index (χ0v) is 26.8. The number of anilines is 3. The molecule has 0 unspecified atom stereocenters. The van der Waals surface area contributed by atoms with Crippen LogP contribution >= 0.6 is 22.9 Å². The first-order chi connectivity index (χ1) is 19.8. The lowest BCUT2D eigenvalue weighted by atomic mass is 9.77. The highest BCUT2D eigenvalue weighted by Crippen LogP contribution is 2.39. The van der Waals surface area contributed by atoms with Crippen molar-refractivity contribution in [1.29, 1.82) is 0 Å². The molecule has 4 aromatic rings. The van der Waals surface area contributed by atoms with Crippen molar-refractivity contribution >= 4 is 66.0 Å². The van der Waals surface area contributed by atoms with Crippen LogP contribution in [0.3, 0.4) is 0 Å². The second-order valence-electron chi connectivity index (χ2n) is 11.6. The lowest BCUT2D eigenvalue weighted by molar-refractivity contribution is 0.103. The fourth-order valence-corrected chi connectivity index (χ4v) is 6.99. The van der Waals surface area contributed by atoms with Gasteiger partial charge in [-0.05, 0) is 97.8 Å². The van der Waals surface area contributed by atoms with Gasteiger partial charge in [0.1, 0.15) is 5.75 Å². The largest absolute Gasteiger partial charge is 0.491 e. The predicted octanol–water partition coefficient (Wildman–Crippen LogP) is 7.89. The van der Waals surface area contributed by atoms with Crippen molar-refractivity contribution in [2.45, 2.75) is 52.1 Å². The molecule has 7 nitrogen and oxygen atoms in total. The van der Waals surface area contributed by atoms with Gasteiger partial charge >= 0.3 is 0 Å². The van der Waals surface area contributed by atoms with E-state index in [2.05, 4.69) is 47.0 Å². The van der Waals surface area contributed by atoms with Crippen LogP contribution in [0, 0.1) is 0 Å². The zero-order valence-electron chi connectivity index (χ0n) is 24.5. The number of ether oxygens (including phenoxy) is 1. The fourth-order valence-electron chi connectivity index (χ4n) is 5.26. The number of benzene rings is 3. The monoisotopic (exact) mass is 625 g/mol. The summed E-state index contributed by atoms with van der Waals surface area (Å²) in [7, 11) is -3.40. The van der Waals surface area contributed by atoms with E-state index in [9.17, 15) is 13.2 Å². The predicted molar refractivity (Wildman–Crippen MR) is 175 cm³/mol. The number of nitrogens with zero attached hydrogens (tertiary/aromatic N) is 1. The van der Waals surface area contributed by atoms with Crippen LogP contribution in [-0.2, 0) is 15.4 Å². The van der Waals surface area contributed by atoms with Gasteiger partial charge in [0, 0.05) is 51.4 Å². The molecular weight excluding hydrogens is 590 g/mol. The molecule has 1 saturated heterocycles. The van der Waals surface area contributed by atoms with E-state index in [4.69, 9.17) is 16.3 Å². The normalized spacial score (nSPS) is 14.0. The lowest BCUT2D eigenvalue weighted by Gasteiger charge is -2.30. The Balaban J connectivity index is 1.43. The molecule has 0 radical (unpaired) electrons. The quantitative estimate of drug-likeness (QED) is 0.197. The molecule has 10 heteroatoms. The Hall–Kier alpha value is -3.27. The Labute approximate surface area is 256 Å². The maximum Gasteiger partial charge on any atom is 0.265 e. The van der Waals surface area contributed by atoms with Crippen LogP contribution in [0.2, 0.25) is 5.02 Å². The first kappa shape index (κ1) is 30.2. The Morgan fingerprint density at radius 1 is 0.976 bits per heavy atom. The third-order valence-corrected chi connectivity index (χ3v) is 9.32. The van der Waals surface area contributed by atoms with Crippen LogP contribution in [0.15, 0.2) is 60.7 Å². The Morgan fingerprint density at radius 2 is 1.69 bits per heavy atom. The summed E-state index contributed by atoms with van der Waals surface area (Å²) in [5.74, 6) is 0.580. The van der Waals surface area contributed by atoms with Crippen molar-refractivity contribution in [2.24, 2.45) is 0 Å². The molecule has 1 aromatic heterocycles. The zero-order chi connectivity index (χ0) is 30.2. The summed E-state index contributed by atoms with van der Waals surface area (Å²) < 4.78 is 32.7. The molecule has 0 aliphatic carbocycles. The average Bonchev–Trinajstić information content (AvgIpc) is 3.57. The minimum absolute atomic E-state index is 0.0548. The molecule has 42 heavy (non-hydrogen) atoms. The summed E-state index contributed by atoms with van der Waals surface area (Å²) in [4.78, 5) is 16.2. The van der Waals surface area contributed by atoms with Crippen LogP contribution in [0.4, 0.5) is 17.1 Å². The molecule has 2 heterocycles.